The van der Waals surface area contributed by atoms with E-state index in [2.05, 4.69) is 46.9 Å². The van der Waals surface area contributed by atoms with Gasteiger partial charge in [0.05, 0.1) is 12.1 Å². The van der Waals surface area contributed by atoms with Gasteiger partial charge < -0.3 is 10.1 Å². The lowest BCUT2D eigenvalue weighted by Crippen LogP contribution is -2.62. The van der Waals surface area contributed by atoms with Gasteiger partial charge in [-0.2, -0.15) is 0 Å². The number of thioether (sulfide) groups is 1. The Morgan fingerprint density at radius 1 is 1.40 bits per heavy atom. The number of nitrogens with one attached hydrogen (secondary N) is 1. The van der Waals surface area contributed by atoms with Crippen LogP contribution in [0.25, 0.3) is 0 Å². The fraction of sp³-hybridized carbons (Fsp3) is 0.938. The summed E-state index contributed by atoms with van der Waals surface area (Å²) >= 11 is 1.87. The maximum Gasteiger partial charge on any atom is 0.157 e. The summed E-state index contributed by atoms with van der Waals surface area (Å²) in [5.74, 6) is 1.18. The van der Waals surface area contributed by atoms with Crippen LogP contribution >= 0.6 is 11.8 Å². The summed E-state index contributed by atoms with van der Waals surface area (Å²) < 4.78 is 5.80. The van der Waals surface area contributed by atoms with Crippen LogP contribution in [-0.4, -0.2) is 35.7 Å². The number of rotatable bonds is 3. The lowest BCUT2D eigenvalue weighted by Gasteiger charge is -2.52. The van der Waals surface area contributed by atoms with Gasteiger partial charge >= 0.3 is 0 Å². The topological polar surface area (TPSA) is 33.6 Å². The quantitative estimate of drug-likeness (QED) is 0.863. The van der Waals surface area contributed by atoms with Crippen LogP contribution in [0.4, 0.5) is 0 Å². The van der Waals surface area contributed by atoms with E-state index < -0.39 is 0 Å². The first-order valence-corrected chi connectivity index (χ1v) is 8.82. The highest BCUT2D eigenvalue weighted by Crippen LogP contribution is 2.43. The molecule has 2 aliphatic rings. The van der Waals surface area contributed by atoms with Gasteiger partial charge in [-0.3, -0.25) is 4.99 Å². The second kappa shape index (κ2) is 5.88. The van der Waals surface area contributed by atoms with Gasteiger partial charge in [-0.1, -0.05) is 46.4 Å². The summed E-state index contributed by atoms with van der Waals surface area (Å²) in [7, 11) is 0. The van der Waals surface area contributed by atoms with E-state index >= 15 is 0 Å². The molecule has 0 spiro atoms. The molecule has 1 fully saturated rings. The molecule has 0 aromatic carbocycles. The van der Waals surface area contributed by atoms with Crippen molar-refractivity contribution >= 4 is 16.9 Å². The number of ether oxygens (including phenoxy) is 1. The lowest BCUT2D eigenvalue weighted by molar-refractivity contribution is -0.109. The second-order valence-corrected chi connectivity index (χ2v) is 8.73. The Morgan fingerprint density at radius 3 is 2.65 bits per heavy atom. The fourth-order valence-corrected chi connectivity index (χ4v) is 3.94. The molecule has 0 bridgehead atoms. The number of aliphatic imine (C=N–C) groups is 1. The zero-order valence-electron chi connectivity index (χ0n) is 13.8. The molecule has 0 aromatic heterocycles. The van der Waals surface area contributed by atoms with Gasteiger partial charge in [-0.25, -0.2) is 0 Å². The normalized spacial score (nSPS) is 33.3. The third-order valence-corrected chi connectivity index (χ3v) is 5.68. The van der Waals surface area contributed by atoms with E-state index in [1.807, 2.05) is 11.8 Å². The Morgan fingerprint density at radius 2 is 2.10 bits per heavy atom. The molecule has 3 unspecified atom stereocenters. The third kappa shape index (κ3) is 3.33. The minimum absolute atomic E-state index is 0.202. The van der Waals surface area contributed by atoms with Crippen LogP contribution in [0.15, 0.2) is 4.99 Å². The summed E-state index contributed by atoms with van der Waals surface area (Å²) in [5.41, 5.74) is 0.463. The Kier molecular flexibility index (Phi) is 4.75. The van der Waals surface area contributed by atoms with E-state index in [-0.39, 0.29) is 10.8 Å². The molecule has 1 heterocycles. The Labute approximate surface area is 128 Å². The predicted octanol–water partition coefficient (Wildman–Crippen LogP) is 3.69. The van der Waals surface area contributed by atoms with Crippen LogP contribution in [0, 0.1) is 10.8 Å². The molecule has 1 saturated carbocycles. The molecule has 0 radical (unpaired) electrons. The molecule has 20 heavy (non-hydrogen) atoms. The van der Waals surface area contributed by atoms with Gasteiger partial charge in [0.2, 0.25) is 0 Å². The predicted molar refractivity (Wildman–Crippen MR) is 88.5 cm³/mol. The zero-order chi connectivity index (χ0) is 15.0. The van der Waals surface area contributed by atoms with Crippen LogP contribution in [0.1, 0.15) is 54.4 Å². The largest absolute Gasteiger partial charge is 0.378 e. The Balaban J connectivity index is 1.96. The van der Waals surface area contributed by atoms with Crippen molar-refractivity contribution in [3.63, 3.8) is 0 Å². The Hall–Kier alpha value is -0.220. The SMILES string of the molecule is CCOC1CC(NC2=NC(C(C)(C)C)CCS2)C1(C)C. The summed E-state index contributed by atoms with van der Waals surface area (Å²) in [6.07, 6.45) is 2.67. The van der Waals surface area contributed by atoms with Crippen molar-refractivity contribution in [3.8, 4) is 0 Å². The molecule has 0 saturated heterocycles. The van der Waals surface area contributed by atoms with Crippen LogP contribution in [-0.2, 0) is 4.74 Å². The minimum Gasteiger partial charge on any atom is -0.378 e. The Bertz CT molecular complexity index is 373. The summed E-state index contributed by atoms with van der Waals surface area (Å²) in [6, 6.07) is 0.932. The summed E-state index contributed by atoms with van der Waals surface area (Å²) in [6.45, 7) is 14.3. The molecule has 3 nitrogen and oxygen atoms in total. The molecule has 3 atom stereocenters. The molecular formula is C16H30N2OS. The van der Waals surface area contributed by atoms with Crippen LogP contribution in [0.2, 0.25) is 0 Å². The van der Waals surface area contributed by atoms with E-state index in [0.29, 0.717) is 18.2 Å². The lowest BCUT2D eigenvalue weighted by atomic mass is 9.64. The van der Waals surface area contributed by atoms with Crippen molar-refractivity contribution < 1.29 is 4.74 Å². The van der Waals surface area contributed by atoms with Crippen molar-refractivity contribution in [1.82, 2.24) is 5.32 Å². The smallest absolute Gasteiger partial charge is 0.157 e. The van der Waals surface area contributed by atoms with Crippen molar-refractivity contribution in [2.45, 2.75) is 72.6 Å². The molecule has 4 heteroatoms. The number of nitrogens with zero attached hydrogens (tertiary/aromatic N) is 1. The van der Waals surface area contributed by atoms with Gasteiger partial charge in [0.15, 0.2) is 5.17 Å². The van der Waals surface area contributed by atoms with Gasteiger partial charge in [0.25, 0.3) is 0 Å². The van der Waals surface area contributed by atoms with Gasteiger partial charge in [0, 0.05) is 23.8 Å². The van der Waals surface area contributed by atoms with Crippen LogP contribution in [0.5, 0.6) is 0 Å². The van der Waals surface area contributed by atoms with E-state index in [9.17, 15) is 0 Å². The van der Waals surface area contributed by atoms with Crippen molar-refractivity contribution in [3.05, 3.63) is 0 Å². The van der Waals surface area contributed by atoms with Gasteiger partial charge in [-0.05, 0) is 25.2 Å². The van der Waals surface area contributed by atoms with Crippen LogP contribution < -0.4 is 5.32 Å². The van der Waals surface area contributed by atoms with E-state index in [1.54, 1.807) is 0 Å². The highest BCUT2D eigenvalue weighted by Gasteiger charge is 2.49. The van der Waals surface area contributed by atoms with E-state index in [0.717, 1.165) is 18.2 Å². The highest BCUT2D eigenvalue weighted by molar-refractivity contribution is 8.13. The number of hydrogen-bond donors (Lipinski definition) is 1. The van der Waals surface area contributed by atoms with E-state index in [4.69, 9.17) is 9.73 Å². The first kappa shape index (κ1) is 16.2. The maximum absolute atomic E-state index is 5.80. The van der Waals surface area contributed by atoms with Gasteiger partial charge in [0.1, 0.15) is 0 Å². The highest BCUT2D eigenvalue weighted by atomic mass is 32.2. The zero-order valence-corrected chi connectivity index (χ0v) is 14.6. The molecular weight excluding hydrogens is 268 g/mol. The molecule has 1 N–H and O–H groups in total. The standard InChI is InChI=1S/C16H30N2OS/c1-7-19-13-10-12(16(13,5)6)18-14-17-11(8-9-20-14)15(2,3)4/h11-13H,7-10H2,1-6H3,(H,17,18). The molecule has 1 aliphatic heterocycles. The minimum atomic E-state index is 0.202. The molecule has 0 amide bonds. The van der Waals surface area contributed by atoms with Crippen molar-refractivity contribution in [2.24, 2.45) is 15.8 Å². The maximum atomic E-state index is 5.80. The molecule has 0 aromatic rings. The van der Waals surface area contributed by atoms with Crippen molar-refractivity contribution in [1.29, 1.82) is 0 Å². The average Bonchev–Trinajstić information content (AvgIpc) is 2.37. The summed E-state index contributed by atoms with van der Waals surface area (Å²) in [5, 5.41) is 4.81. The molecule has 2 rings (SSSR count). The second-order valence-electron chi connectivity index (χ2n) is 7.65. The average molecular weight is 298 g/mol. The number of amidine groups is 1. The van der Waals surface area contributed by atoms with Crippen molar-refractivity contribution in [2.75, 3.05) is 12.4 Å². The number of hydrogen-bond acceptors (Lipinski definition) is 4. The monoisotopic (exact) mass is 298 g/mol. The van der Waals surface area contributed by atoms with E-state index in [1.165, 1.54) is 12.2 Å². The summed E-state index contributed by atoms with van der Waals surface area (Å²) in [4.78, 5) is 4.94. The first-order chi connectivity index (χ1) is 9.25. The van der Waals surface area contributed by atoms with Crippen LogP contribution in [0.3, 0.4) is 0 Å². The fourth-order valence-electron chi connectivity index (χ4n) is 2.98. The molecule has 116 valence electrons. The third-order valence-electron chi connectivity index (χ3n) is 4.75. The first-order valence-electron chi connectivity index (χ1n) is 7.84. The molecule has 1 aliphatic carbocycles. The van der Waals surface area contributed by atoms with Gasteiger partial charge in [-0.15, -0.1) is 0 Å².